The lowest BCUT2D eigenvalue weighted by Crippen LogP contribution is -2.20. The number of carbonyl (C=O) groups is 2. The summed E-state index contributed by atoms with van der Waals surface area (Å²) in [6.45, 7) is 1.68. The predicted octanol–water partition coefficient (Wildman–Crippen LogP) is 2.29. The monoisotopic (exact) mass is 306 g/mol. The summed E-state index contributed by atoms with van der Waals surface area (Å²) in [7, 11) is 1.47. The van der Waals surface area contributed by atoms with E-state index in [1.807, 2.05) is 12.3 Å². The van der Waals surface area contributed by atoms with Gasteiger partial charge in [-0.1, -0.05) is 0 Å². The van der Waals surface area contributed by atoms with Gasteiger partial charge in [0.05, 0.1) is 12.8 Å². The summed E-state index contributed by atoms with van der Waals surface area (Å²) in [5.74, 6) is 0.483. The lowest BCUT2D eigenvalue weighted by atomic mass is 10.2. The number of rotatable bonds is 6. The van der Waals surface area contributed by atoms with Gasteiger partial charge in [0.2, 0.25) is 0 Å². The van der Waals surface area contributed by atoms with E-state index in [-0.39, 0.29) is 12.5 Å². The molecule has 7 heteroatoms. The average molecular weight is 306 g/mol. The fourth-order valence-corrected chi connectivity index (χ4v) is 2.29. The molecule has 0 aliphatic rings. The van der Waals surface area contributed by atoms with Crippen molar-refractivity contribution < 1.29 is 19.1 Å². The van der Waals surface area contributed by atoms with Gasteiger partial charge in [0.1, 0.15) is 6.29 Å². The van der Waals surface area contributed by atoms with Gasteiger partial charge >= 0.3 is 0 Å². The molecular weight excluding hydrogens is 292 g/mol. The molecule has 0 atom stereocenters. The second-order valence-electron chi connectivity index (χ2n) is 4.16. The number of thiazole rings is 1. The first-order valence-electron chi connectivity index (χ1n) is 6.10. The quantitative estimate of drug-likeness (QED) is 0.829. The molecule has 0 fully saturated rings. The van der Waals surface area contributed by atoms with Gasteiger partial charge in [-0.05, 0) is 25.1 Å². The smallest absolute Gasteiger partial charge is 0.264 e. The van der Waals surface area contributed by atoms with Crippen LogP contribution in [0.4, 0.5) is 5.13 Å². The fourth-order valence-electron chi connectivity index (χ4n) is 1.59. The predicted molar refractivity (Wildman–Crippen MR) is 79.4 cm³/mol. The number of aldehydes is 1. The first kappa shape index (κ1) is 15.0. The third-order valence-corrected chi connectivity index (χ3v) is 3.42. The highest BCUT2D eigenvalue weighted by molar-refractivity contribution is 7.13. The lowest BCUT2D eigenvalue weighted by molar-refractivity contribution is -0.118. The molecular formula is C14H14N2O4S. The Balaban J connectivity index is 1.96. The van der Waals surface area contributed by atoms with E-state index >= 15 is 0 Å². The molecule has 0 bridgehead atoms. The zero-order chi connectivity index (χ0) is 15.2. The van der Waals surface area contributed by atoms with Crippen molar-refractivity contribution >= 4 is 28.7 Å². The van der Waals surface area contributed by atoms with E-state index in [9.17, 15) is 9.59 Å². The van der Waals surface area contributed by atoms with E-state index in [2.05, 4.69) is 10.3 Å². The van der Waals surface area contributed by atoms with E-state index < -0.39 is 0 Å². The standard InChI is InChI=1S/C14H14N2O4S/c1-9-8-21-14(15-9)16-13(18)7-20-11-4-3-10(6-17)5-12(11)19-2/h3-6,8H,7H2,1-2H3,(H,15,16,18). The van der Waals surface area contributed by atoms with Crippen molar-refractivity contribution in [2.75, 3.05) is 19.0 Å². The van der Waals surface area contributed by atoms with Crippen LogP contribution in [0.25, 0.3) is 0 Å². The molecule has 2 rings (SSSR count). The Morgan fingerprint density at radius 3 is 2.86 bits per heavy atom. The number of ether oxygens (including phenoxy) is 2. The van der Waals surface area contributed by atoms with Gasteiger partial charge in [-0.15, -0.1) is 11.3 Å². The summed E-state index contributed by atoms with van der Waals surface area (Å²) in [4.78, 5) is 26.6. The second kappa shape index (κ2) is 6.85. The highest BCUT2D eigenvalue weighted by Crippen LogP contribution is 2.27. The maximum atomic E-state index is 11.8. The van der Waals surface area contributed by atoms with Crippen molar-refractivity contribution in [3.63, 3.8) is 0 Å². The zero-order valence-electron chi connectivity index (χ0n) is 11.6. The molecule has 0 radical (unpaired) electrons. The third-order valence-electron chi connectivity index (χ3n) is 2.55. The molecule has 0 saturated heterocycles. The molecule has 0 unspecified atom stereocenters. The number of hydrogen-bond donors (Lipinski definition) is 1. The van der Waals surface area contributed by atoms with Crippen LogP contribution in [0, 0.1) is 6.92 Å². The minimum absolute atomic E-state index is 0.171. The normalized spacial score (nSPS) is 10.0. The number of nitrogens with zero attached hydrogens (tertiary/aromatic N) is 1. The fraction of sp³-hybridized carbons (Fsp3) is 0.214. The van der Waals surface area contributed by atoms with Crippen LogP contribution < -0.4 is 14.8 Å². The summed E-state index contributed by atoms with van der Waals surface area (Å²) < 4.78 is 10.5. The van der Waals surface area contributed by atoms with Crippen LogP contribution in [0.3, 0.4) is 0 Å². The Hall–Kier alpha value is -2.41. The van der Waals surface area contributed by atoms with E-state index in [0.717, 1.165) is 5.69 Å². The van der Waals surface area contributed by atoms with Gasteiger partial charge in [0.25, 0.3) is 5.91 Å². The van der Waals surface area contributed by atoms with E-state index in [1.165, 1.54) is 18.4 Å². The van der Waals surface area contributed by atoms with Crippen LogP contribution in [0.1, 0.15) is 16.1 Å². The molecule has 1 heterocycles. The number of carbonyl (C=O) groups excluding carboxylic acids is 2. The Bertz CT molecular complexity index is 654. The number of amides is 1. The van der Waals surface area contributed by atoms with Gasteiger partial charge in [-0.3, -0.25) is 14.9 Å². The summed E-state index contributed by atoms with van der Waals surface area (Å²) in [5, 5.41) is 5.02. The summed E-state index contributed by atoms with van der Waals surface area (Å²) in [5.41, 5.74) is 1.32. The molecule has 6 nitrogen and oxygen atoms in total. The molecule has 0 aliphatic heterocycles. The topological polar surface area (TPSA) is 77.5 Å². The highest BCUT2D eigenvalue weighted by atomic mass is 32.1. The lowest BCUT2D eigenvalue weighted by Gasteiger charge is -2.10. The van der Waals surface area contributed by atoms with Crippen LogP contribution in [-0.4, -0.2) is 30.9 Å². The molecule has 0 aliphatic carbocycles. The number of benzene rings is 1. The average Bonchev–Trinajstić information content (AvgIpc) is 2.90. The third kappa shape index (κ3) is 4.03. The van der Waals surface area contributed by atoms with Crippen molar-refractivity contribution in [1.29, 1.82) is 0 Å². The SMILES string of the molecule is COc1cc(C=O)ccc1OCC(=O)Nc1nc(C)cs1. The number of aryl methyl sites for hydroxylation is 1. The van der Waals surface area contributed by atoms with E-state index in [0.29, 0.717) is 28.5 Å². The van der Waals surface area contributed by atoms with Crippen LogP contribution >= 0.6 is 11.3 Å². The first-order valence-corrected chi connectivity index (χ1v) is 6.98. The number of anilines is 1. The summed E-state index contributed by atoms with van der Waals surface area (Å²) in [6, 6.07) is 4.72. The molecule has 21 heavy (non-hydrogen) atoms. The van der Waals surface area contributed by atoms with Crippen LogP contribution in [0.5, 0.6) is 11.5 Å². The minimum atomic E-state index is -0.314. The van der Waals surface area contributed by atoms with Gasteiger partial charge in [-0.25, -0.2) is 4.98 Å². The Morgan fingerprint density at radius 2 is 2.24 bits per heavy atom. The minimum Gasteiger partial charge on any atom is -0.493 e. The number of hydrogen-bond acceptors (Lipinski definition) is 6. The zero-order valence-corrected chi connectivity index (χ0v) is 12.4. The van der Waals surface area contributed by atoms with Crippen molar-refractivity contribution in [3.05, 3.63) is 34.8 Å². The molecule has 110 valence electrons. The second-order valence-corrected chi connectivity index (χ2v) is 5.02. The highest BCUT2D eigenvalue weighted by Gasteiger charge is 2.10. The maximum absolute atomic E-state index is 11.8. The molecule has 0 spiro atoms. The van der Waals surface area contributed by atoms with E-state index in [4.69, 9.17) is 9.47 Å². The summed E-state index contributed by atoms with van der Waals surface area (Å²) in [6.07, 6.45) is 0.712. The Labute approximate surface area is 125 Å². The van der Waals surface area contributed by atoms with Crippen molar-refractivity contribution in [2.45, 2.75) is 6.92 Å². The van der Waals surface area contributed by atoms with E-state index in [1.54, 1.807) is 18.2 Å². The van der Waals surface area contributed by atoms with Crippen LogP contribution in [-0.2, 0) is 4.79 Å². The Kier molecular flexibility index (Phi) is 4.89. The summed E-state index contributed by atoms with van der Waals surface area (Å²) >= 11 is 1.35. The van der Waals surface area contributed by atoms with Gasteiger partial charge < -0.3 is 9.47 Å². The molecule has 1 amide bonds. The van der Waals surface area contributed by atoms with Gasteiger partial charge in [0.15, 0.2) is 23.2 Å². The number of nitrogens with one attached hydrogen (secondary N) is 1. The molecule has 1 aromatic carbocycles. The largest absolute Gasteiger partial charge is 0.493 e. The van der Waals surface area contributed by atoms with Crippen LogP contribution in [0.2, 0.25) is 0 Å². The molecule has 0 saturated carbocycles. The van der Waals surface area contributed by atoms with Crippen molar-refractivity contribution in [2.24, 2.45) is 0 Å². The first-order chi connectivity index (χ1) is 10.1. The van der Waals surface area contributed by atoms with Crippen LogP contribution in [0.15, 0.2) is 23.6 Å². The van der Waals surface area contributed by atoms with Gasteiger partial charge in [0, 0.05) is 10.9 Å². The molecule has 2 aromatic rings. The maximum Gasteiger partial charge on any atom is 0.264 e. The van der Waals surface area contributed by atoms with Crippen molar-refractivity contribution in [3.8, 4) is 11.5 Å². The molecule has 1 aromatic heterocycles. The molecule has 1 N–H and O–H groups in total. The van der Waals surface area contributed by atoms with Crippen molar-refractivity contribution in [1.82, 2.24) is 4.98 Å². The van der Waals surface area contributed by atoms with Gasteiger partial charge in [-0.2, -0.15) is 0 Å². The number of methoxy groups -OCH3 is 1. The number of aromatic nitrogens is 1. The Morgan fingerprint density at radius 1 is 1.43 bits per heavy atom.